The molecule has 0 spiro atoms. The van der Waals surface area contributed by atoms with E-state index in [4.69, 9.17) is 9.73 Å². The third-order valence-corrected chi connectivity index (χ3v) is 4.63. The number of methoxy groups -OCH3 is 1. The molecular weight excluding hydrogens is 308 g/mol. The van der Waals surface area contributed by atoms with Gasteiger partial charge in [-0.3, -0.25) is 0 Å². The van der Waals surface area contributed by atoms with Gasteiger partial charge in [0.15, 0.2) is 4.80 Å². The summed E-state index contributed by atoms with van der Waals surface area (Å²) in [6, 6.07) is 7.82. The number of benzene rings is 1. The van der Waals surface area contributed by atoms with Gasteiger partial charge in [0, 0.05) is 36.6 Å². The number of aryl methyl sites for hydroxylation is 2. The lowest BCUT2D eigenvalue weighted by Crippen LogP contribution is -2.17. The number of ether oxygens (including phenoxy) is 1. The van der Waals surface area contributed by atoms with E-state index < -0.39 is 0 Å². The molecule has 3 rings (SSSR count). The number of hydrogen-bond donors (Lipinski definition) is 0. The minimum Gasteiger partial charge on any atom is -0.497 e. The van der Waals surface area contributed by atoms with Crippen LogP contribution in [0.25, 0.3) is 0 Å². The van der Waals surface area contributed by atoms with Crippen LogP contribution in [-0.2, 0) is 13.1 Å². The molecule has 0 bridgehead atoms. The minimum atomic E-state index is 0.847. The summed E-state index contributed by atoms with van der Waals surface area (Å²) in [6.45, 7) is 4.04. The Bertz CT molecular complexity index is 800. The standard InChI is InChI=1S/C17H20N4OS/c1-14-12-23-17(19-15-4-6-16(22-2)7-5-15)21(14)10-3-9-20-11-8-18-13-20/h4-8,11-13H,3,9-10H2,1-2H3. The number of aromatic nitrogens is 3. The third kappa shape index (κ3) is 3.90. The van der Waals surface area contributed by atoms with Gasteiger partial charge in [-0.1, -0.05) is 0 Å². The second-order valence-corrected chi connectivity index (χ2v) is 6.11. The largest absolute Gasteiger partial charge is 0.497 e. The van der Waals surface area contributed by atoms with Gasteiger partial charge in [0.05, 0.1) is 19.1 Å². The van der Waals surface area contributed by atoms with Gasteiger partial charge < -0.3 is 13.9 Å². The van der Waals surface area contributed by atoms with E-state index in [9.17, 15) is 0 Å². The highest BCUT2D eigenvalue weighted by Gasteiger charge is 2.02. The van der Waals surface area contributed by atoms with Gasteiger partial charge >= 0.3 is 0 Å². The van der Waals surface area contributed by atoms with Crippen LogP contribution >= 0.6 is 11.3 Å². The maximum absolute atomic E-state index is 5.18. The maximum atomic E-state index is 5.18. The normalized spacial score (nSPS) is 11.8. The van der Waals surface area contributed by atoms with E-state index in [0.717, 1.165) is 35.7 Å². The third-order valence-electron chi connectivity index (χ3n) is 3.65. The molecule has 0 N–H and O–H groups in total. The van der Waals surface area contributed by atoms with Crippen molar-refractivity contribution in [2.24, 2.45) is 4.99 Å². The first-order chi connectivity index (χ1) is 11.3. The number of rotatable bonds is 6. The molecule has 2 heterocycles. The highest BCUT2D eigenvalue weighted by molar-refractivity contribution is 7.07. The monoisotopic (exact) mass is 328 g/mol. The molecule has 120 valence electrons. The summed E-state index contributed by atoms with van der Waals surface area (Å²) in [6.07, 6.45) is 6.71. The Hall–Kier alpha value is -2.34. The molecule has 0 amide bonds. The van der Waals surface area contributed by atoms with Gasteiger partial charge in [-0.15, -0.1) is 11.3 Å². The maximum Gasteiger partial charge on any atom is 0.190 e. The van der Waals surface area contributed by atoms with Gasteiger partial charge in [0.25, 0.3) is 0 Å². The Morgan fingerprint density at radius 1 is 1.22 bits per heavy atom. The fraction of sp³-hybridized carbons (Fsp3) is 0.294. The molecule has 0 fully saturated rings. The first-order valence-corrected chi connectivity index (χ1v) is 8.43. The molecule has 23 heavy (non-hydrogen) atoms. The van der Waals surface area contributed by atoms with Crippen molar-refractivity contribution in [2.75, 3.05) is 7.11 Å². The van der Waals surface area contributed by atoms with Gasteiger partial charge in [-0.25, -0.2) is 9.98 Å². The predicted molar refractivity (Wildman–Crippen MR) is 92.1 cm³/mol. The van der Waals surface area contributed by atoms with Crippen molar-refractivity contribution < 1.29 is 4.74 Å². The molecule has 0 saturated heterocycles. The number of hydrogen-bond acceptors (Lipinski definition) is 4. The topological polar surface area (TPSA) is 44.3 Å². The Morgan fingerprint density at radius 2 is 2.04 bits per heavy atom. The van der Waals surface area contributed by atoms with E-state index in [1.165, 1.54) is 5.69 Å². The van der Waals surface area contributed by atoms with E-state index in [1.807, 2.05) is 43.0 Å². The molecule has 0 aliphatic carbocycles. The summed E-state index contributed by atoms with van der Waals surface area (Å²) < 4.78 is 9.55. The molecule has 0 saturated carbocycles. The smallest absolute Gasteiger partial charge is 0.190 e. The molecule has 6 heteroatoms. The Morgan fingerprint density at radius 3 is 2.74 bits per heavy atom. The van der Waals surface area contributed by atoms with Crippen LogP contribution < -0.4 is 9.54 Å². The number of imidazole rings is 1. The quantitative estimate of drug-likeness (QED) is 0.696. The minimum absolute atomic E-state index is 0.847. The van der Waals surface area contributed by atoms with Crippen molar-refractivity contribution in [1.29, 1.82) is 0 Å². The van der Waals surface area contributed by atoms with E-state index in [-0.39, 0.29) is 0 Å². The number of thiazole rings is 1. The van der Waals surface area contributed by atoms with Crippen LogP contribution in [-0.4, -0.2) is 21.2 Å². The second kappa shape index (κ2) is 7.28. The average Bonchev–Trinajstić information content (AvgIpc) is 3.20. The van der Waals surface area contributed by atoms with Crippen molar-refractivity contribution >= 4 is 17.0 Å². The molecule has 0 radical (unpaired) electrons. The van der Waals surface area contributed by atoms with Crippen LogP contribution in [0, 0.1) is 6.92 Å². The molecular formula is C17H20N4OS. The molecule has 5 nitrogen and oxygen atoms in total. The lowest BCUT2D eigenvalue weighted by molar-refractivity contribution is 0.415. The van der Waals surface area contributed by atoms with Crippen molar-refractivity contribution in [2.45, 2.75) is 26.4 Å². The lowest BCUT2D eigenvalue weighted by atomic mass is 10.3. The van der Waals surface area contributed by atoms with Gasteiger partial charge in [0.2, 0.25) is 0 Å². The van der Waals surface area contributed by atoms with Crippen LogP contribution in [0.4, 0.5) is 5.69 Å². The van der Waals surface area contributed by atoms with Crippen LogP contribution in [0.2, 0.25) is 0 Å². The molecule has 2 aromatic heterocycles. The summed E-state index contributed by atoms with van der Waals surface area (Å²) in [4.78, 5) is 9.86. The van der Waals surface area contributed by atoms with Crippen LogP contribution in [0.1, 0.15) is 12.1 Å². The van der Waals surface area contributed by atoms with Crippen LogP contribution in [0.3, 0.4) is 0 Å². The van der Waals surface area contributed by atoms with Gasteiger partial charge in [-0.05, 0) is 37.6 Å². The SMILES string of the molecule is COc1ccc(N=c2scc(C)n2CCCn2ccnc2)cc1. The zero-order chi connectivity index (χ0) is 16.1. The summed E-state index contributed by atoms with van der Waals surface area (Å²) in [5.74, 6) is 0.847. The zero-order valence-electron chi connectivity index (χ0n) is 13.3. The van der Waals surface area contributed by atoms with E-state index in [2.05, 4.69) is 26.4 Å². The fourth-order valence-corrected chi connectivity index (χ4v) is 3.30. The first-order valence-electron chi connectivity index (χ1n) is 7.56. The zero-order valence-corrected chi connectivity index (χ0v) is 14.2. The Labute approximate surface area is 139 Å². The lowest BCUT2D eigenvalue weighted by Gasteiger charge is -2.07. The van der Waals surface area contributed by atoms with Gasteiger partial charge in [-0.2, -0.15) is 0 Å². The van der Waals surface area contributed by atoms with Crippen molar-refractivity contribution in [3.63, 3.8) is 0 Å². The molecule has 0 aliphatic rings. The van der Waals surface area contributed by atoms with E-state index in [0.29, 0.717) is 0 Å². The predicted octanol–water partition coefficient (Wildman–Crippen LogP) is 3.39. The van der Waals surface area contributed by atoms with Crippen LogP contribution in [0.5, 0.6) is 5.75 Å². The summed E-state index contributed by atoms with van der Waals surface area (Å²) in [5, 5.41) is 2.15. The molecule has 0 unspecified atom stereocenters. The number of nitrogens with zero attached hydrogens (tertiary/aromatic N) is 4. The highest BCUT2D eigenvalue weighted by atomic mass is 32.1. The molecule has 3 aromatic rings. The van der Waals surface area contributed by atoms with Crippen LogP contribution in [0.15, 0.2) is 53.4 Å². The molecule has 1 aromatic carbocycles. The van der Waals surface area contributed by atoms with Gasteiger partial charge in [0.1, 0.15) is 5.75 Å². The molecule has 0 atom stereocenters. The summed E-state index contributed by atoms with van der Waals surface area (Å²) in [5.41, 5.74) is 2.18. The molecule has 0 aliphatic heterocycles. The van der Waals surface area contributed by atoms with Crippen molar-refractivity contribution in [1.82, 2.24) is 14.1 Å². The van der Waals surface area contributed by atoms with Crippen molar-refractivity contribution in [3.05, 3.63) is 58.9 Å². The van der Waals surface area contributed by atoms with E-state index in [1.54, 1.807) is 18.4 Å². The fourth-order valence-electron chi connectivity index (χ4n) is 2.37. The average molecular weight is 328 g/mol. The highest BCUT2D eigenvalue weighted by Crippen LogP contribution is 2.17. The summed E-state index contributed by atoms with van der Waals surface area (Å²) in [7, 11) is 1.67. The van der Waals surface area contributed by atoms with E-state index >= 15 is 0 Å². The summed E-state index contributed by atoms with van der Waals surface area (Å²) >= 11 is 1.67. The Kier molecular flexibility index (Phi) is 4.92. The second-order valence-electron chi connectivity index (χ2n) is 5.28. The van der Waals surface area contributed by atoms with Crippen molar-refractivity contribution in [3.8, 4) is 5.75 Å². The Balaban J connectivity index is 1.75. The first kappa shape index (κ1) is 15.6.